The van der Waals surface area contributed by atoms with Crippen LogP contribution in [0, 0.1) is 5.82 Å². The standard InChI is InChI=1S/C20H22ClFN4O2S/c1-13(2)19-24-18-4-3-9-23-20(18)26(19)14-7-10-25(11-8-14)29(27,28)15-5-6-17(22)16(21)12-15/h3-6,9,12-14H,7-8,10-11H2,1-2H3. The second kappa shape index (κ2) is 7.66. The van der Waals surface area contributed by atoms with Crippen molar-refractivity contribution in [3.8, 4) is 0 Å². The van der Waals surface area contributed by atoms with Crippen molar-refractivity contribution in [3.05, 3.63) is 53.2 Å². The van der Waals surface area contributed by atoms with Crippen LogP contribution in [0.5, 0.6) is 0 Å². The van der Waals surface area contributed by atoms with Gasteiger partial charge < -0.3 is 4.57 Å². The summed E-state index contributed by atoms with van der Waals surface area (Å²) in [5, 5.41) is -0.196. The maximum atomic E-state index is 13.4. The predicted molar refractivity (Wildman–Crippen MR) is 110 cm³/mol. The molecule has 1 aliphatic heterocycles. The molecule has 3 aromatic rings. The smallest absolute Gasteiger partial charge is 0.243 e. The van der Waals surface area contributed by atoms with Gasteiger partial charge in [-0.25, -0.2) is 22.8 Å². The molecular weight excluding hydrogens is 415 g/mol. The first-order chi connectivity index (χ1) is 13.8. The number of nitrogens with zero attached hydrogens (tertiary/aromatic N) is 4. The predicted octanol–water partition coefficient (Wildman–Crippen LogP) is 4.37. The molecular formula is C20H22ClFN4O2S. The van der Waals surface area contributed by atoms with E-state index < -0.39 is 15.8 Å². The van der Waals surface area contributed by atoms with E-state index in [2.05, 4.69) is 23.4 Å². The molecule has 1 fully saturated rings. The van der Waals surface area contributed by atoms with Crippen LogP contribution in [0.2, 0.25) is 5.02 Å². The van der Waals surface area contributed by atoms with E-state index in [1.165, 1.54) is 16.4 Å². The van der Waals surface area contributed by atoms with Gasteiger partial charge in [0, 0.05) is 31.2 Å². The fourth-order valence-electron chi connectivity index (χ4n) is 3.84. The highest BCUT2D eigenvalue weighted by Crippen LogP contribution is 2.33. The summed E-state index contributed by atoms with van der Waals surface area (Å²) in [4.78, 5) is 9.26. The van der Waals surface area contributed by atoms with Crippen LogP contribution in [0.3, 0.4) is 0 Å². The second-order valence-corrected chi connectivity index (χ2v) is 9.90. The molecule has 0 N–H and O–H groups in total. The molecule has 0 aliphatic carbocycles. The number of hydrogen-bond donors (Lipinski definition) is 0. The minimum Gasteiger partial charge on any atom is -0.309 e. The molecule has 6 nitrogen and oxygen atoms in total. The van der Waals surface area contributed by atoms with E-state index in [0.29, 0.717) is 25.9 Å². The molecule has 9 heteroatoms. The van der Waals surface area contributed by atoms with Crippen LogP contribution in [0.1, 0.15) is 44.5 Å². The third kappa shape index (κ3) is 3.65. The Morgan fingerprint density at radius 2 is 1.93 bits per heavy atom. The molecule has 0 atom stereocenters. The van der Waals surface area contributed by atoms with E-state index in [1.54, 1.807) is 6.20 Å². The van der Waals surface area contributed by atoms with Crippen molar-refractivity contribution in [2.45, 2.75) is 43.5 Å². The normalized spacial score (nSPS) is 16.7. The summed E-state index contributed by atoms with van der Waals surface area (Å²) in [5.74, 6) is 0.558. The molecule has 0 saturated carbocycles. The minimum atomic E-state index is -3.72. The molecule has 29 heavy (non-hydrogen) atoms. The summed E-state index contributed by atoms with van der Waals surface area (Å²) in [5.41, 5.74) is 1.69. The second-order valence-electron chi connectivity index (χ2n) is 7.55. The van der Waals surface area contributed by atoms with Gasteiger partial charge in [-0.3, -0.25) is 0 Å². The maximum Gasteiger partial charge on any atom is 0.243 e. The highest BCUT2D eigenvalue weighted by molar-refractivity contribution is 7.89. The number of aromatic nitrogens is 3. The van der Waals surface area contributed by atoms with Crippen molar-refractivity contribution >= 4 is 32.8 Å². The third-order valence-electron chi connectivity index (χ3n) is 5.31. The van der Waals surface area contributed by atoms with Gasteiger partial charge in [0.25, 0.3) is 0 Å². The first kappa shape index (κ1) is 20.3. The van der Waals surface area contributed by atoms with Gasteiger partial charge >= 0.3 is 0 Å². The first-order valence-electron chi connectivity index (χ1n) is 9.57. The Morgan fingerprint density at radius 1 is 1.21 bits per heavy atom. The van der Waals surface area contributed by atoms with Crippen LogP contribution in [0.4, 0.5) is 4.39 Å². The number of benzene rings is 1. The molecule has 0 radical (unpaired) electrons. The number of rotatable bonds is 4. The van der Waals surface area contributed by atoms with E-state index in [0.717, 1.165) is 23.1 Å². The molecule has 0 amide bonds. The van der Waals surface area contributed by atoms with Crippen molar-refractivity contribution in [1.29, 1.82) is 0 Å². The quantitative estimate of drug-likeness (QED) is 0.608. The molecule has 4 rings (SSSR count). The molecule has 3 heterocycles. The van der Waals surface area contributed by atoms with Gasteiger partial charge in [-0.1, -0.05) is 25.4 Å². The Kier molecular flexibility index (Phi) is 5.35. The van der Waals surface area contributed by atoms with Crippen LogP contribution in [-0.2, 0) is 10.0 Å². The molecule has 1 saturated heterocycles. The summed E-state index contributed by atoms with van der Waals surface area (Å²) in [6, 6.07) is 7.45. The molecule has 0 spiro atoms. The molecule has 154 valence electrons. The monoisotopic (exact) mass is 436 g/mol. The Bertz CT molecular complexity index is 1150. The maximum absolute atomic E-state index is 13.4. The van der Waals surface area contributed by atoms with Crippen molar-refractivity contribution in [3.63, 3.8) is 0 Å². The SMILES string of the molecule is CC(C)c1nc2cccnc2n1C1CCN(S(=O)(=O)c2ccc(F)c(Cl)c2)CC1. The number of piperidine rings is 1. The van der Waals surface area contributed by atoms with Crippen molar-refractivity contribution in [2.75, 3.05) is 13.1 Å². The van der Waals surface area contributed by atoms with Crippen molar-refractivity contribution in [2.24, 2.45) is 0 Å². The number of hydrogen-bond acceptors (Lipinski definition) is 4. The van der Waals surface area contributed by atoms with E-state index in [-0.39, 0.29) is 21.9 Å². The van der Waals surface area contributed by atoms with Crippen molar-refractivity contribution in [1.82, 2.24) is 18.8 Å². The first-order valence-corrected chi connectivity index (χ1v) is 11.4. The van der Waals surface area contributed by atoms with E-state index >= 15 is 0 Å². The Balaban J connectivity index is 1.59. The fraction of sp³-hybridized carbons (Fsp3) is 0.400. The number of fused-ring (bicyclic) bond motifs is 1. The van der Waals surface area contributed by atoms with Gasteiger partial charge in [-0.05, 0) is 43.2 Å². The van der Waals surface area contributed by atoms with Crippen molar-refractivity contribution < 1.29 is 12.8 Å². The van der Waals surface area contributed by atoms with E-state index in [1.807, 2.05) is 12.1 Å². The number of pyridine rings is 1. The lowest BCUT2D eigenvalue weighted by Gasteiger charge is -2.33. The Hall–Kier alpha value is -2.03. The fourth-order valence-corrected chi connectivity index (χ4v) is 5.58. The average molecular weight is 437 g/mol. The summed E-state index contributed by atoms with van der Waals surface area (Å²) in [6.07, 6.45) is 3.05. The topological polar surface area (TPSA) is 68.1 Å². The Morgan fingerprint density at radius 3 is 2.59 bits per heavy atom. The number of sulfonamides is 1. The highest BCUT2D eigenvalue weighted by Gasteiger charge is 2.32. The largest absolute Gasteiger partial charge is 0.309 e. The molecule has 2 aromatic heterocycles. The van der Waals surface area contributed by atoms with E-state index in [9.17, 15) is 12.8 Å². The summed E-state index contributed by atoms with van der Waals surface area (Å²) in [6.45, 7) is 4.92. The molecule has 0 bridgehead atoms. The molecule has 1 aromatic carbocycles. The van der Waals surface area contributed by atoms with Gasteiger partial charge in [0.05, 0.1) is 9.92 Å². The number of halogens is 2. The van der Waals surface area contributed by atoms with Crippen LogP contribution >= 0.6 is 11.6 Å². The van der Waals surface area contributed by atoms with Crippen LogP contribution in [0.15, 0.2) is 41.4 Å². The molecule has 0 unspecified atom stereocenters. The van der Waals surface area contributed by atoms with E-state index in [4.69, 9.17) is 16.6 Å². The highest BCUT2D eigenvalue weighted by atomic mass is 35.5. The Labute approximate surface area is 174 Å². The van der Waals surface area contributed by atoms with Gasteiger partial charge in [0.2, 0.25) is 10.0 Å². The zero-order chi connectivity index (χ0) is 20.8. The summed E-state index contributed by atoms with van der Waals surface area (Å²) >= 11 is 5.78. The zero-order valence-corrected chi connectivity index (χ0v) is 17.8. The minimum absolute atomic E-state index is 0.0139. The van der Waals surface area contributed by atoms with Gasteiger partial charge in [0.1, 0.15) is 17.2 Å². The lowest BCUT2D eigenvalue weighted by atomic mass is 10.1. The van der Waals surface area contributed by atoms with Gasteiger partial charge in [-0.2, -0.15) is 4.31 Å². The van der Waals surface area contributed by atoms with Crippen LogP contribution in [-0.4, -0.2) is 40.3 Å². The molecule has 1 aliphatic rings. The summed E-state index contributed by atoms with van der Waals surface area (Å²) in [7, 11) is -3.72. The van der Waals surface area contributed by atoms with Crippen LogP contribution < -0.4 is 0 Å². The lowest BCUT2D eigenvalue weighted by Crippen LogP contribution is -2.39. The lowest BCUT2D eigenvalue weighted by molar-refractivity contribution is 0.272. The van der Waals surface area contributed by atoms with Gasteiger partial charge in [0.15, 0.2) is 5.65 Å². The zero-order valence-electron chi connectivity index (χ0n) is 16.2. The van der Waals surface area contributed by atoms with Gasteiger partial charge in [-0.15, -0.1) is 0 Å². The average Bonchev–Trinajstić information content (AvgIpc) is 3.10. The number of imidazole rings is 1. The summed E-state index contributed by atoms with van der Waals surface area (Å²) < 4.78 is 42.9. The van der Waals surface area contributed by atoms with Crippen LogP contribution in [0.25, 0.3) is 11.2 Å². The third-order valence-corrected chi connectivity index (χ3v) is 7.49.